The van der Waals surface area contributed by atoms with Crippen LogP contribution in [0.25, 0.3) is 0 Å². The van der Waals surface area contributed by atoms with Crippen molar-refractivity contribution in [2.75, 3.05) is 13.2 Å². The van der Waals surface area contributed by atoms with E-state index in [2.05, 4.69) is 16.0 Å². The summed E-state index contributed by atoms with van der Waals surface area (Å²) in [6.45, 7) is 4.88. The summed E-state index contributed by atoms with van der Waals surface area (Å²) in [4.78, 5) is 48.2. The second kappa shape index (κ2) is 13.9. The Morgan fingerprint density at radius 1 is 0.897 bits per heavy atom. The number of hydrogen-bond donors (Lipinski definition) is 7. The Labute approximate surface area is 171 Å². The van der Waals surface area contributed by atoms with Gasteiger partial charge in [-0.3, -0.25) is 19.2 Å². The lowest BCUT2D eigenvalue weighted by Gasteiger charge is -2.25. The van der Waals surface area contributed by atoms with Crippen molar-refractivity contribution in [3.05, 3.63) is 0 Å². The molecule has 0 aromatic rings. The van der Waals surface area contributed by atoms with Gasteiger partial charge in [0.15, 0.2) is 0 Å². The van der Waals surface area contributed by atoms with Gasteiger partial charge in [0, 0.05) is 0 Å². The van der Waals surface area contributed by atoms with Gasteiger partial charge in [-0.15, -0.1) is 0 Å². The van der Waals surface area contributed by atoms with E-state index in [1.165, 1.54) is 6.92 Å². The average molecular weight is 418 g/mol. The van der Waals surface area contributed by atoms with E-state index in [0.29, 0.717) is 25.8 Å². The van der Waals surface area contributed by atoms with E-state index in [1.807, 2.05) is 13.8 Å². The van der Waals surface area contributed by atoms with E-state index in [9.17, 15) is 19.2 Å². The van der Waals surface area contributed by atoms with Crippen LogP contribution in [0.5, 0.6) is 0 Å². The summed E-state index contributed by atoms with van der Waals surface area (Å²) in [5.41, 5.74) is 11.0. The summed E-state index contributed by atoms with van der Waals surface area (Å²) in [7, 11) is 0. The minimum Gasteiger partial charge on any atom is -0.480 e. The summed E-state index contributed by atoms with van der Waals surface area (Å²) in [6, 6.07) is -4.22. The highest BCUT2D eigenvalue weighted by atomic mass is 16.4. The second-order valence-electron chi connectivity index (χ2n) is 7.39. The monoisotopic (exact) mass is 417 g/mol. The molecule has 0 radical (unpaired) electrons. The standard InChI is InChI=1S/C18H35N5O6/c1-10(2)8-14(23-15(25)12(20)9-24)17(27)22-13(6-4-5-7-19)16(26)21-11(3)18(28)29/h10-14,24H,4-9,19-20H2,1-3H3,(H,21,26)(H,22,27)(H,23,25)(H,28,29). The van der Waals surface area contributed by atoms with Crippen LogP contribution < -0.4 is 27.4 Å². The van der Waals surface area contributed by atoms with Gasteiger partial charge in [-0.25, -0.2) is 0 Å². The number of nitrogens with two attached hydrogens (primary N) is 2. The predicted molar refractivity (Wildman–Crippen MR) is 107 cm³/mol. The van der Waals surface area contributed by atoms with Crippen molar-refractivity contribution in [1.29, 1.82) is 0 Å². The molecule has 0 saturated carbocycles. The van der Waals surface area contributed by atoms with E-state index >= 15 is 0 Å². The highest BCUT2D eigenvalue weighted by Gasteiger charge is 2.29. The zero-order valence-electron chi connectivity index (χ0n) is 17.3. The fourth-order valence-electron chi connectivity index (χ4n) is 2.47. The maximum atomic E-state index is 12.7. The highest BCUT2D eigenvalue weighted by molar-refractivity contribution is 5.94. The molecule has 11 heteroatoms. The summed E-state index contributed by atoms with van der Waals surface area (Å²) >= 11 is 0. The van der Waals surface area contributed by atoms with Crippen LogP contribution in [0.3, 0.4) is 0 Å². The summed E-state index contributed by atoms with van der Waals surface area (Å²) in [5.74, 6) is -3.06. The molecule has 0 heterocycles. The number of carboxylic acids is 1. The molecule has 0 bridgehead atoms. The lowest BCUT2D eigenvalue weighted by atomic mass is 10.0. The van der Waals surface area contributed by atoms with Crippen LogP contribution in [-0.4, -0.2) is 71.2 Å². The van der Waals surface area contributed by atoms with Crippen LogP contribution in [0.15, 0.2) is 0 Å². The maximum absolute atomic E-state index is 12.7. The van der Waals surface area contributed by atoms with Crippen LogP contribution in [0, 0.1) is 5.92 Å². The summed E-state index contributed by atoms with van der Waals surface area (Å²) in [6.07, 6.45) is 1.73. The first-order valence-corrected chi connectivity index (χ1v) is 9.73. The number of nitrogens with one attached hydrogen (secondary N) is 3. The molecule has 29 heavy (non-hydrogen) atoms. The van der Waals surface area contributed by atoms with Crippen LogP contribution in [0.4, 0.5) is 0 Å². The van der Waals surface area contributed by atoms with Crippen LogP contribution >= 0.6 is 0 Å². The quantitative estimate of drug-likeness (QED) is 0.158. The van der Waals surface area contributed by atoms with Crippen molar-refractivity contribution in [1.82, 2.24) is 16.0 Å². The van der Waals surface area contributed by atoms with E-state index in [0.717, 1.165) is 0 Å². The van der Waals surface area contributed by atoms with Gasteiger partial charge in [0.1, 0.15) is 24.2 Å². The van der Waals surface area contributed by atoms with E-state index in [4.69, 9.17) is 21.7 Å². The van der Waals surface area contributed by atoms with Crippen LogP contribution in [-0.2, 0) is 19.2 Å². The maximum Gasteiger partial charge on any atom is 0.325 e. The molecule has 11 nitrogen and oxygen atoms in total. The number of amides is 3. The molecule has 0 aromatic carbocycles. The van der Waals surface area contributed by atoms with Gasteiger partial charge in [-0.1, -0.05) is 13.8 Å². The predicted octanol–water partition coefficient (Wildman–Crippen LogP) is -1.96. The van der Waals surface area contributed by atoms with Gasteiger partial charge in [-0.2, -0.15) is 0 Å². The van der Waals surface area contributed by atoms with Gasteiger partial charge >= 0.3 is 5.97 Å². The van der Waals surface area contributed by atoms with Crippen molar-refractivity contribution in [2.45, 2.75) is 70.6 Å². The Hall–Kier alpha value is -2.24. The molecule has 0 aliphatic carbocycles. The fraction of sp³-hybridized carbons (Fsp3) is 0.778. The first-order valence-electron chi connectivity index (χ1n) is 9.73. The normalized spacial score (nSPS) is 15.1. The number of carbonyl (C=O) groups is 4. The lowest BCUT2D eigenvalue weighted by Crippen LogP contribution is -2.57. The molecular formula is C18H35N5O6. The fourth-order valence-corrected chi connectivity index (χ4v) is 2.47. The first-order chi connectivity index (χ1) is 13.5. The van der Waals surface area contributed by atoms with Crippen molar-refractivity contribution in [3.8, 4) is 0 Å². The van der Waals surface area contributed by atoms with Crippen molar-refractivity contribution in [3.63, 3.8) is 0 Å². The number of carboxylic acid groups (broad SMARTS) is 1. The minimum atomic E-state index is -1.20. The molecule has 0 aromatic heterocycles. The molecule has 0 fully saturated rings. The zero-order valence-corrected chi connectivity index (χ0v) is 17.3. The molecule has 0 spiro atoms. The largest absolute Gasteiger partial charge is 0.480 e. The second-order valence-corrected chi connectivity index (χ2v) is 7.39. The van der Waals surface area contributed by atoms with E-state index in [-0.39, 0.29) is 12.3 Å². The number of rotatable bonds is 14. The summed E-state index contributed by atoms with van der Waals surface area (Å²) in [5, 5.41) is 25.4. The average Bonchev–Trinajstić information content (AvgIpc) is 2.65. The molecule has 168 valence electrons. The topological polar surface area (TPSA) is 197 Å². The number of aliphatic hydroxyl groups is 1. The van der Waals surface area contributed by atoms with Gasteiger partial charge < -0.3 is 37.6 Å². The van der Waals surface area contributed by atoms with E-state index < -0.39 is 54.5 Å². The lowest BCUT2D eigenvalue weighted by molar-refractivity contribution is -0.141. The minimum absolute atomic E-state index is 0.0490. The van der Waals surface area contributed by atoms with Gasteiger partial charge in [0.2, 0.25) is 17.7 Å². The Kier molecular flexibility index (Phi) is 12.8. The highest BCUT2D eigenvalue weighted by Crippen LogP contribution is 2.08. The molecule has 0 saturated heterocycles. The Morgan fingerprint density at radius 3 is 1.93 bits per heavy atom. The summed E-state index contributed by atoms with van der Waals surface area (Å²) < 4.78 is 0. The van der Waals surface area contributed by atoms with Crippen LogP contribution in [0.2, 0.25) is 0 Å². The molecule has 0 aliphatic heterocycles. The SMILES string of the molecule is CC(C)CC(NC(=O)C(N)CO)C(=O)NC(CCCCN)C(=O)NC(C)C(=O)O. The number of hydrogen-bond acceptors (Lipinski definition) is 7. The number of carbonyl (C=O) groups excluding carboxylic acids is 3. The Balaban J connectivity index is 5.28. The van der Waals surface area contributed by atoms with Gasteiger partial charge in [0.25, 0.3) is 0 Å². The van der Waals surface area contributed by atoms with Gasteiger partial charge in [0.05, 0.1) is 6.61 Å². The zero-order chi connectivity index (χ0) is 22.6. The molecule has 4 unspecified atom stereocenters. The molecular weight excluding hydrogens is 382 g/mol. The number of aliphatic hydroxyl groups excluding tert-OH is 1. The third-order valence-corrected chi connectivity index (χ3v) is 4.18. The third kappa shape index (κ3) is 10.8. The molecule has 4 atom stereocenters. The third-order valence-electron chi connectivity index (χ3n) is 4.18. The van der Waals surface area contributed by atoms with E-state index in [1.54, 1.807) is 0 Å². The van der Waals surface area contributed by atoms with Crippen molar-refractivity contribution in [2.24, 2.45) is 17.4 Å². The first kappa shape index (κ1) is 26.8. The Bertz CT molecular complexity index is 557. The number of unbranched alkanes of at least 4 members (excludes halogenated alkanes) is 1. The smallest absolute Gasteiger partial charge is 0.325 e. The van der Waals surface area contributed by atoms with Crippen molar-refractivity contribution >= 4 is 23.7 Å². The van der Waals surface area contributed by atoms with Crippen LogP contribution in [0.1, 0.15) is 46.5 Å². The molecule has 3 amide bonds. The number of aliphatic carboxylic acids is 1. The molecule has 9 N–H and O–H groups in total. The van der Waals surface area contributed by atoms with Crippen molar-refractivity contribution < 1.29 is 29.4 Å². The Morgan fingerprint density at radius 2 is 1.45 bits per heavy atom. The molecule has 0 aliphatic rings. The van der Waals surface area contributed by atoms with Gasteiger partial charge in [-0.05, 0) is 45.1 Å². The molecule has 0 rings (SSSR count).